The Labute approximate surface area is 155 Å². The van der Waals surface area contributed by atoms with Gasteiger partial charge in [-0.15, -0.1) is 10.2 Å². The number of carbonyl (C=O) groups is 2. The maximum absolute atomic E-state index is 12.9. The third kappa shape index (κ3) is 3.21. The number of aromatic nitrogens is 3. The maximum atomic E-state index is 12.9. The third-order valence-electron chi connectivity index (χ3n) is 4.14. The van der Waals surface area contributed by atoms with Crippen molar-refractivity contribution in [2.24, 2.45) is 0 Å². The lowest BCUT2D eigenvalue weighted by Crippen LogP contribution is -2.35. The Morgan fingerprint density at radius 3 is 2.79 bits per heavy atom. The van der Waals surface area contributed by atoms with Crippen LogP contribution in [-0.2, 0) is 15.8 Å². The molecule has 0 spiro atoms. The van der Waals surface area contributed by atoms with Crippen LogP contribution < -0.4 is 10.6 Å². The summed E-state index contributed by atoms with van der Waals surface area (Å²) < 4.78 is 45.3. The van der Waals surface area contributed by atoms with Gasteiger partial charge in [-0.2, -0.15) is 13.2 Å². The molecule has 2 N–H and O–H groups in total. The van der Waals surface area contributed by atoms with Crippen LogP contribution in [0.2, 0.25) is 0 Å². The summed E-state index contributed by atoms with van der Waals surface area (Å²) in [7, 11) is 0. The van der Waals surface area contributed by atoms with E-state index in [0.717, 1.165) is 12.1 Å². The summed E-state index contributed by atoms with van der Waals surface area (Å²) in [6.07, 6.45) is -3.36. The van der Waals surface area contributed by atoms with Crippen LogP contribution in [-0.4, -0.2) is 26.6 Å². The Morgan fingerprint density at radius 2 is 2.07 bits per heavy atom. The largest absolute Gasteiger partial charge is 0.461 e. The lowest BCUT2D eigenvalue weighted by molar-refractivity contribution is -0.137. The fourth-order valence-electron chi connectivity index (χ4n) is 2.90. The monoisotopic (exact) mass is 391 g/mol. The number of hydrogen-bond donors (Lipinski definition) is 2. The van der Waals surface area contributed by atoms with E-state index < -0.39 is 29.6 Å². The van der Waals surface area contributed by atoms with Crippen molar-refractivity contribution in [1.82, 2.24) is 14.8 Å². The van der Waals surface area contributed by atoms with Crippen LogP contribution in [0, 0.1) is 0 Å². The predicted octanol–water partition coefficient (Wildman–Crippen LogP) is 3.08. The summed E-state index contributed by atoms with van der Waals surface area (Å²) >= 11 is 0. The Hall–Kier alpha value is -3.63. The van der Waals surface area contributed by atoms with Crippen LogP contribution in [0.4, 0.5) is 24.8 Å². The van der Waals surface area contributed by atoms with E-state index in [2.05, 4.69) is 20.8 Å². The molecule has 0 radical (unpaired) electrons. The molecule has 1 atom stereocenters. The average Bonchev–Trinajstić information content (AvgIpc) is 3.29. The first kappa shape index (κ1) is 17.8. The molecule has 2 amide bonds. The molecular formula is C17H12F3N5O3. The van der Waals surface area contributed by atoms with Gasteiger partial charge in [0.2, 0.25) is 23.6 Å². The maximum Gasteiger partial charge on any atom is 0.416 e. The van der Waals surface area contributed by atoms with Crippen molar-refractivity contribution >= 4 is 23.5 Å². The first-order valence-electron chi connectivity index (χ1n) is 8.09. The first-order chi connectivity index (χ1) is 13.3. The second kappa shape index (κ2) is 6.51. The van der Waals surface area contributed by atoms with Gasteiger partial charge in [-0.1, -0.05) is 6.07 Å². The molecule has 1 aliphatic rings. The Bertz CT molecular complexity index is 1040. The fraction of sp³-hybridized carbons (Fsp3) is 0.176. The fourth-order valence-corrected chi connectivity index (χ4v) is 2.90. The molecule has 11 heteroatoms. The zero-order chi connectivity index (χ0) is 19.9. The number of carbonyl (C=O) groups excluding carboxylic acids is 2. The second-order valence-corrected chi connectivity index (χ2v) is 6.03. The summed E-state index contributed by atoms with van der Waals surface area (Å²) in [6.45, 7) is 0. The van der Waals surface area contributed by atoms with Crippen molar-refractivity contribution in [2.45, 2.75) is 18.6 Å². The summed E-state index contributed by atoms with van der Waals surface area (Å²) in [5, 5.41) is 12.7. The van der Waals surface area contributed by atoms with Crippen molar-refractivity contribution in [3.05, 3.63) is 48.2 Å². The molecule has 0 saturated carbocycles. The van der Waals surface area contributed by atoms with Gasteiger partial charge in [-0.25, -0.2) is 0 Å². The number of benzene rings is 1. The molecule has 0 aliphatic carbocycles. The van der Waals surface area contributed by atoms with E-state index >= 15 is 0 Å². The lowest BCUT2D eigenvalue weighted by atomic mass is 10.1. The van der Waals surface area contributed by atoms with Crippen LogP contribution in [0.25, 0.3) is 11.6 Å². The molecule has 0 bridgehead atoms. The topological polar surface area (TPSA) is 102 Å². The number of rotatable bonds is 3. The van der Waals surface area contributed by atoms with E-state index in [-0.39, 0.29) is 23.9 Å². The molecule has 0 unspecified atom stereocenters. The molecule has 4 rings (SSSR count). The molecule has 1 aliphatic heterocycles. The van der Waals surface area contributed by atoms with Gasteiger partial charge < -0.3 is 9.73 Å². The van der Waals surface area contributed by atoms with Gasteiger partial charge in [0.1, 0.15) is 6.04 Å². The van der Waals surface area contributed by atoms with Crippen molar-refractivity contribution in [3.8, 4) is 11.6 Å². The van der Waals surface area contributed by atoms with Crippen LogP contribution in [0.5, 0.6) is 0 Å². The van der Waals surface area contributed by atoms with Crippen molar-refractivity contribution in [3.63, 3.8) is 0 Å². The number of nitrogens with zero attached hydrogens (tertiary/aromatic N) is 3. The number of hydrogen-bond acceptors (Lipinski definition) is 5. The molecular weight excluding hydrogens is 379 g/mol. The number of fused-ring (bicyclic) bond motifs is 1. The lowest BCUT2D eigenvalue weighted by Gasteiger charge is -2.24. The van der Waals surface area contributed by atoms with E-state index in [4.69, 9.17) is 4.42 Å². The second-order valence-electron chi connectivity index (χ2n) is 6.03. The van der Waals surface area contributed by atoms with E-state index in [9.17, 15) is 22.8 Å². The van der Waals surface area contributed by atoms with Crippen LogP contribution >= 0.6 is 0 Å². The van der Waals surface area contributed by atoms with Gasteiger partial charge in [-0.3, -0.25) is 19.5 Å². The molecule has 0 fully saturated rings. The normalized spacial score (nSPS) is 16.4. The average molecular weight is 391 g/mol. The summed E-state index contributed by atoms with van der Waals surface area (Å²) in [5.41, 5.74) is -0.937. The van der Waals surface area contributed by atoms with Gasteiger partial charge in [0.25, 0.3) is 0 Å². The Balaban J connectivity index is 1.66. The van der Waals surface area contributed by atoms with Gasteiger partial charge in [0.05, 0.1) is 18.2 Å². The summed E-state index contributed by atoms with van der Waals surface area (Å²) in [6, 6.07) is 6.40. The number of nitrogens with one attached hydrogen (secondary N) is 2. The predicted molar refractivity (Wildman–Crippen MR) is 90.1 cm³/mol. The quantitative estimate of drug-likeness (QED) is 0.714. The Morgan fingerprint density at radius 1 is 1.25 bits per heavy atom. The minimum Gasteiger partial charge on any atom is -0.461 e. The number of amides is 2. The molecule has 28 heavy (non-hydrogen) atoms. The van der Waals surface area contributed by atoms with Crippen LogP contribution in [0.1, 0.15) is 18.0 Å². The van der Waals surface area contributed by atoms with Crippen molar-refractivity contribution in [2.75, 3.05) is 10.6 Å². The van der Waals surface area contributed by atoms with Crippen LogP contribution in [0.3, 0.4) is 0 Å². The highest BCUT2D eigenvalue weighted by molar-refractivity contribution is 6.01. The molecule has 3 heterocycles. The molecule has 3 aromatic rings. The van der Waals surface area contributed by atoms with Gasteiger partial charge in [0.15, 0.2) is 5.76 Å². The number of alkyl halides is 3. The third-order valence-corrected chi connectivity index (χ3v) is 4.14. The van der Waals surface area contributed by atoms with Crippen molar-refractivity contribution in [1.29, 1.82) is 0 Å². The molecule has 0 saturated heterocycles. The number of halogens is 3. The zero-order valence-electron chi connectivity index (χ0n) is 14.0. The minimum atomic E-state index is -4.54. The van der Waals surface area contributed by atoms with Crippen molar-refractivity contribution < 1.29 is 27.2 Å². The van der Waals surface area contributed by atoms with Gasteiger partial charge in [-0.05, 0) is 30.3 Å². The molecule has 144 valence electrons. The molecule has 2 aromatic heterocycles. The highest BCUT2D eigenvalue weighted by Gasteiger charge is 2.35. The molecule has 1 aromatic carbocycles. The highest BCUT2D eigenvalue weighted by Crippen LogP contribution is 2.33. The summed E-state index contributed by atoms with van der Waals surface area (Å²) in [4.78, 5) is 24.7. The smallest absolute Gasteiger partial charge is 0.416 e. The van der Waals surface area contributed by atoms with Gasteiger partial charge in [0, 0.05) is 5.69 Å². The van der Waals surface area contributed by atoms with E-state index in [1.54, 1.807) is 12.1 Å². The highest BCUT2D eigenvalue weighted by atomic mass is 19.4. The first-order valence-corrected chi connectivity index (χ1v) is 8.09. The van der Waals surface area contributed by atoms with E-state index in [1.165, 1.54) is 23.0 Å². The SMILES string of the molecule is O=C1C[C@@H](C(=O)Nc2cccc(C(F)(F)F)c2)n2c(nnc2-c2ccco2)N1. The zero-order valence-corrected chi connectivity index (χ0v) is 14.0. The summed E-state index contributed by atoms with van der Waals surface area (Å²) in [5.74, 6) is -0.555. The standard InChI is InChI=1S/C17H12F3N5O3/c18-17(19,20)9-3-1-4-10(7-9)21-15(27)11-8-13(26)22-16-24-23-14(25(11)16)12-5-2-6-28-12/h1-7,11H,8H2,(H,21,27)(H,22,24,26)/t11-/m0/s1. The minimum absolute atomic E-state index is 0.0417. The van der Waals surface area contributed by atoms with E-state index in [0.29, 0.717) is 5.76 Å². The van der Waals surface area contributed by atoms with Crippen LogP contribution in [0.15, 0.2) is 47.1 Å². The van der Waals surface area contributed by atoms with Gasteiger partial charge >= 0.3 is 6.18 Å². The number of anilines is 2. The molecule has 8 nitrogen and oxygen atoms in total. The number of furan rings is 1. The van der Waals surface area contributed by atoms with E-state index in [1.807, 2.05) is 0 Å². The Kier molecular flexibility index (Phi) is 4.13.